The van der Waals surface area contributed by atoms with Crippen LogP contribution in [-0.4, -0.2) is 49.9 Å². The molecule has 29 heavy (non-hydrogen) atoms. The Morgan fingerprint density at radius 1 is 1.03 bits per heavy atom. The predicted octanol–water partition coefficient (Wildman–Crippen LogP) is 2.41. The van der Waals surface area contributed by atoms with Gasteiger partial charge in [0.1, 0.15) is 5.60 Å². The van der Waals surface area contributed by atoms with Gasteiger partial charge in [0, 0.05) is 38.4 Å². The van der Waals surface area contributed by atoms with Gasteiger partial charge in [0.2, 0.25) is 0 Å². The second-order valence-electron chi connectivity index (χ2n) is 7.73. The van der Waals surface area contributed by atoms with Crippen LogP contribution in [0, 0.1) is 0 Å². The summed E-state index contributed by atoms with van der Waals surface area (Å²) in [4.78, 5) is 27.4. The summed E-state index contributed by atoms with van der Waals surface area (Å²) in [6.07, 6.45) is -0.446. The summed E-state index contributed by atoms with van der Waals surface area (Å²) in [5.74, 6) is 0.620. The number of urea groups is 1. The third kappa shape index (κ3) is 11.5. The summed E-state index contributed by atoms with van der Waals surface area (Å²) < 4.78 is 5.17. The first-order valence-corrected chi connectivity index (χ1v) is 9.67. The molecule has 0 fully saturated rings. The monoisotopic (exact) mass is 406 g/mol. The SMILES string of the molecule is CN=C(NCCNC(=O)OC(C)(C)C)NCc1ccc(NC(=O)NC(C)C)cc1. The molecule has 0 aliphatic carbocycles. The Balaban J connectivity index is 2.33. The van der Waals surface area contributed by atoms with Gasteiger partial charge in [-0.25, -0.2) is 9.59 Å². The fourth-order valence-electron chi connectivity index (χ4n) is 2.20. The highest BCUT2D eigenvalue weighted by molar-refractivity contribution is 5.89. The summed E-state index contributed by atoms with van der Waals surface area (Å²) >= 11 is 0. The average molecular weight is 407 g/mol. The number of carbonyl (C=O) groups is 2. The lowest BCUT2D eigenvalue weighted by Crippen LogP contribution is -2.42. The Labute approximate surface area is 173 Å². The number of rotatable bonds is 7. The number of nitrogens with one attached hydrogen (secondary N) is 5. The molecule has 1 rings (SSSR count). The number of alkyl carbamates (subject to hydrolysis) is 1. The fraction of sp³-hybridized carbons (Fsp3) is 0.550. The van der Waals surface area contributed by atoms with E-state index in [0.29, 0.717) is 25.6 Å². The van der Waals surface area contributed by atoms with Gasteiger partial charge in [-0.05, 0) is 52.3 Å². The molecule has 0 saturated heterocycles. The van der Waals surface area contributed by atoms with Crippen molar-refractivity contribution in [1.29, 1.82) is 0 Å². The van der Waals surface area contributed by atoms with Crippen molar-refractivity contribution in [3.05, 3.63) is 29.8 Å². The van der Waals surface area contributed by atoms with Gasteiger partial charge in [0.05, 0.1) is 0 Å². The molecule has 0 atom stereocenters. The minimum absolute atomic E-state index is 0.0806. The summed E-state index contributed by atoms with van der Waals surface area (Å²) in [7, 11) is 1.68. The van der Waals surface area contributed by atoms with Crippen LogP contribution in [0.25, 0.3) is 0 Å². The lowest BCUT2D eigenvalue weighted by atomic mass is 10.2. The molecule has 1 aromatic rings. The van der Waals surface area contributed by atoms with Crippen molar-refractivity contribution in [2.24, 2.45) is 4.99 Å². The highest BCUT2D eigenvalue weighted by Gasteiger charge is 2.15. The van der Waals surface area contributed by atoms with Crippen LogP contribution in [0.2, 0.25) is 0 Å². The van der Waals surface area contributed by atoms with Crippen LogP contribution >= 0.6 is 0 Å². The lowest BCUT2D eigenvalue weighted by Gasteiger charge is -2.20. The highest BCUT2D eigenvalue weighted by Crippen LogP contribution is 2.09. The van der Waals surface area contributed by atoms with Gasteiger partial charge in [-0.1, -0.05) is 12.1 Å². The maximum absolute atomic E-state index is 11.7. The minimum atomic E-state index is -0.515. The first kappa shape index (κ1) is 24.1. The van der Waals surface area contributed by atoms with Crippen molar-refractivity contribution >= 4 is 23.8 Å². The van der Waals surface area contributed by atoms with E-state index in [4.69, 9.17) is 4.74 Å². The summed E-state index contributed by atoms with van der Waals surface area (Å²) in [5, 5.41) is 14.5. The normalized spacial score (nSPS) is 11.6. The number of benzene rings is 1. The van der Waals surface area contributed by atoms with Crippen molar-refractivity contribution in [1.82, 2.24) is 21.3 Å². The standard InChI is InChI=1S/C20H34N6O3/c1-14(2)25-18(27)26-16-9-7-15(8-10-16)13-24-17(21-6)22-11-12-23-19(28)29-20(3,4)5/h7-10,14H,11-13H2,1-6H3,(H,23,28)(H2,21,22,24)(H2,25,26,27). The predicted molar refractivity (Wildman–Crippen MR) is 116 cm³/mol. The summed E-state index contributed by atoms with van der Waals surface area (Å²) in [6, 6.07) is 7.40. The van der Waals surface area contributed by atoms with Gasteiger partial charge in [-0.3, -0.25) is 4.99 Å². The number of hydrogen-bond donors (Lipinski definition) is 5. The third-order valence-corrected chi connectivity index (χ3v) is 3.40. The van der Waals surface area contributed by atoms with Crippen LogP contribution in [0.5, 0.6) is 0 Å². The van der Waals surface area contributed by atoms with E-state index in [1.165, 1.54) is 0 Å². The molecule has 0 radical (unpaired) electrons. The summed E-state index contributed by atoms with van der Waals surface area (Å²) in [6.45, 7) is 10.8. The van der Waals surface area contributed by atoms with Gasteiger partial charge < -0.3 is 31.3 Å². The number of anilines is 1. The van der Waals surface area contributed by atoms with E-state index >= 15 is 0 Å². The zero-order valence-electron chi connectivity index (χ0n) is 18.2. The Morgan fingerprint density at radius 2 is 1.66 bits per heavy atom. The van der Waals surface area contributed by atoms with E-state index in [9.17, 15) is 9.59 Å². The van der Waals surface area contributed by atoms with Crippen LogP contribution in [0.15, 0.2) is 29.3 Å². The molecule has 0 aromatic heterocycles. The number of aliphatic imine (C=N–C) groups is 1. The quantitative estimate of drug-likeness (QED) is 0.271. The van der Waals surface area contributed by atoms with E-state index in [1.807, 2.05) is 58.9 Å². The topological polar surface area (TPSA) is 116 Å². The molecule has 9 heteroatoms. The molecule has 1 aromatic carbocycles. The van der Waals surface area contributed by atoms with E-state index in [2.05, 4.69) is 31.6 Å². The summed E-state index contributed by atoms with van der Waals surface area (Å²) in [5.41, 5.74) is 1.25. The molecule has 3 amide bonds. The largest absolute Gasteiger partial charge is 0.444 e. The van der Waals surface area contributed by atoms with Gasteiger partial charge in [-0.15, -0.1) is 0 Å². The highest BCUT2D eigenvalue weighted by atomic mass is 16.6. The molecular weight excluding hydrogens is 372 g/mol. The Kier molecular flexibility index (Phi) is 9.78. The van der Waals surface area contributed by atoms with Gasteiger partial charge >= 0.3 is 12.1 Å². The first-order chi connectivity index (χ1) is 13.6. The number of carbonyl (C=O) groups excluding carboxylic acids is 2. The maximum atomic E-state index is 11.7. The van der Waals surface area contributed by atoms with E-state index in [-0.39, 0.29) is 12.1 Å². The van der Waals surface area contributed by atoms with Crippen LogP contribution < -0.4 is 26.6 Å². The molecule has 0 heterocycles. The molecule has 0 unspecified atom stereocenters. The van der Waals surface area contributed by atoms with Crippen molar-refractivity contribution in [3.63, 3.8) is 0 Å². The molecule has 0 bridgehead atoms. The number of hydrogen-bond acceptors (Lipinski definition) is 4. The molecule has 0 spiro atoms. The molecule has 9 nitrogen and oxygen atoms in total. The third-order valence-electron chi connectivity index (χ3n) is 3.40. The van der Waals surface area contributed by atoms with Crippen molar-refractivity contribution in [2.45, 2.75) is 52.8 Å². The van der Waals surface area contributed by atoms with Crippen LogP contribution in [0.3, 0.4) is 0 Å². The first-order valence-electron chi connectivity index (χ1n) is 9.67. The zero-order valence-corrected chi connectivity index (χ0v) is 18.2. The molecule has 0 aliphatic heterocycles. The van der Waals surface area contributed by atoms with Gasteiger partial charge in [0.25, 0.3) is 0 Å². The number of amides is 3. The van der Waals surface area contributed by atoms with E-state index in [1.54, 1.807) is 7.05 Å². The van der Waals surface area contributed by atoms with Crippen LogP contribution in [0.4, 0.5) is 15.3 Å². The maximum Gasteiger partial charge on any atom is 0.407 e. The molecular formula is C20H34N6O3. The Hall–Kier alpha value is -2.97. The Bertz CT molecular complexity index is 680. The lowest BCUT2D eigenvalue weighted by molar-refractivity contribution is 0.0529. The zero-order chi connectivity index (χ0) is 21.9. The van der Waals surface area contributed by atoms with E-state index < -0.39 is 11.7 Å². The fourth-order valence-corrected chi connectivity index (χ4v) is 2.20. The second kappa shape index (κ2) is 11.8. The number of ether oxygens (including phenoxy) is 1. The molecule has 0 saturated carbocycles. The van der Waals surface area contributed by atoms with Crippen molar-refractivity contribution < 1.29 is 14.3 Å². The van der Waals surface area contributed by atoms with E-state index in [0.717, 1.165) is 11.3 Å². The minimum Gasteiger partial charge on any atom is -0.444 e. The average Bonchev–Trinajstić information content (AvgIpc) is 2.60. The second-order valence-corrected chi connectivity index (χ2v) is 7.73. The van der Waals surface area contributed by atoms with Gasteiger partial charge in [-0.2, -0.15) is 0 Å². The smallest absolute Gasteiger partial charge is 0.407 e. The van der Waals surface area contributed by atoms with Crippen molar-refractivity contribution in [3.8, 4) is 0 Å². The number of nitrogens with zero attached hydrogens (tertiary/aromatic N) is 1. The van der Waals surface area contributed by atoms with Crippen molar-refractivity contribution in [2.75, 3.05) is 25.5 Å². The number of guanidine groups is 1. The van der Waals surface area contributed by atoms with Crippen LogP contribution in [0.1, 0.15) is 40.2 Å². The molecule has 162 valence electrons. The Morgan fingerprint density at radius 3 is 2.21 bits per heavy atom. The van der Waals surface area contributed by atoms with Gasteiger partial charge in [0.15, 0.2) is 5.96 Å². The molecule has 0 aliphatic rings. The van der Waals surface area contributed by atoms with Crippen LogP contribution in [-0.2, 0) is 11.3 Å². The molecule has 5 N–H and O–H groups in total.